The lowest BCUT2D eigenvalue weighted by atomic mass is 9.89. The standard InChI is InChI=1S/C58H81BrN16O28P4S4/c1-28(2)31-15-44(71-8-5-42(60)65-55(71)81)96-38(31)23-94-107(111,90-14-13-89-12-11-88-10-7-63-30(4)77)103-36-19-46(73-20-29(3)51(78)69-57(73)83)98-41(36)26-93-106(87,110)102-35-18-48(75-27-64-49-50(75)67-54(62)68-53(49)80)99-40(35)25-92-105(86,109)101-34-17-45(72-9-6-43(61)66-56(72)82)97-39(34)24-91-104(85,108)100-33-16-47(95-37(33)22-76)74-21-32(59)52(79)70-58(74)84/h5-6,8-9,20-21,27-28,31,33-41,44-48,76H,7,10-19,22-26H2,1-4H3,(H,63,77)(H,85,108)(H,86,109)(H,87,110)(H2,60,65,81)(H2,61,66,82)(H,69,78,83)(H,70,79,84)(H3,62,67,68,80)/t31-,33+,34+,35+,36+,37?,38?,39?,40?,41?,44+,45+,46+,47+,48+,104?,105?,106?,107?/m0/s1. The molecule has 11 heterocycles. The van der Waals surface area contributed by atoms with Crippen LogP contribution in [0.1, 0.15) is 89.6 Å². The maximum atomic E-state index is 15.0. The molecular formula is C58H81BrN16O28P4S4. The quantitative estimate of drug-likeness (QED) is 0.0151. The van der Waals surface area contributed by atoms with E-state index in [0.717, 1.165) is 19.9 Å². The third kappa shape index (κ3) is 22.4. The molecule has 612 valence electrons. The van der Waals surface area contributed by atoms with Crippen LogP contribution in [0, 0.1) is 18.8 Å². The Balaban J connectivity index is 0.813. The number of fused-ring (bicyclic) bond motifs is 1. The highest BCUT2D eigenvalue weighted by atomic mass is 79.9. The molecule has 0 aliphatic carbocycles. The Kier molecular flexibility index (Phi) is 29.0. The summed E-state index contributed by atoms with van der Waals surface area (Å²) in [6.45, 7) is -14.1. The number of hydrogen-bond acceptors (Lipinski definition) is 36. The summed E-state index contributed by atoms with van der Waals surface area (Å²) in [7, 11) is 0. The van der Waals surface area contributed by atoms with Crippen LogP contribution in [0.4, 0.5) is 17.6 Å². The third-order valence-corrected chi connectivity index (χ3v) is 25.8. The minimum Gasteiger partial charge on any atom is -0.394 e. The molecule has 0 radical (unpaired) electrons. The highest BCUT2D eigenvalue weighted by Crippen LogP contribution is 2.61. The average molecular weight is 1780 g/mol. The van der Waals surface area contributed by atoms with Gasteiger partial charge in [-0.15, -0.1) is 0 Å². The lowest BCUT2D eigenvalue weighted by molar-refractivity contribution is -0.119. The Morgan fingerprint density at radius 1 is 0.604 bits per heavy atom. The number of aromatic amines is 3. The van der Waals surface area contributed by atoms with Gasteiger partial charge in [-0.1, -0.05) is 50.6 Å². The first-order valence-electron chi connectivity index (χ1n) is 34.1. The van der Waals surface area contributed by atoms with E-state index in [9.17, 15) is 57.2 Å². The Bertz CT molecular complexity index is 4980. The van der Waals surface area contributed by atoms with Crippen molar-refractivity contribution in [1.29, 1.82) is 0 Å². The van der Waals surface area contributed by atoms with Crippen LogP contribution in [0.15, 0.2) is 81.3 Å². The summed E-state index contributed by atoms with van der Waals surface area (Å²) < 4.78 is 147. The number of ether oxygens (including phenoxy) is 7. The van der Waals surface area contributed by atoms with E-state index in [1.165, 1.54) is 60.0 Å². The fourth-order valence-electron chi connectivity index (χ4n) is 12.6. The van der Waals surface area contributed by atoms with Gasteiger partial charge in [0.05, 0.1) is 89.1 Å². The Morgan fingerprint density at radius 3 is 1.58 bits per heavy atom. The summed E-state index contributed by atoms with van der Waals surface area (Å²) in [6.07, 6.45) is -11.5. The van der Waals surface area contributed by atoms with Gasteiger partial charge in [0, 0.05) is 69.5 Å². The lowest BCUT2D eigenvalue weighted by Gasteiger charge is -2.30. The summed E-state index contributed by atoms with van der Waals surface area (Å²) in [5.41, 5.74) is 12.1. The number of carbonyl (C=O) groups excluding carboxylic acids is 1. The van der Waals surface area contributed by atoms with Gasteiger partial charge in [0.15, 0.2) is 11.2 Å². The second-order valence-electron chi connectivity index (χ2n) is 26.0. The Hall–Kier alpha value is -5.47. The molecule has 0 spiro atoms. The maximum Gasteiger partial charge on any atom is 0.386 e. The molecule has 1 amide bonds. The van der Waals surface area contributed by atoms with Gasteiger partial charge in [-0.3, -0.25) is 84.1 Å². The first-order valence-corrected chi connectivity index (χ1v) is 45.5. The number of amides is 1. The number of nitrogens with one attached hydrogen (secondary N) is 4. The van der Waals surface area contributed by atoms with E-state index in [-0.39, 0.29) is 128 Å². The van der Waals surface area contributed by atoms with E-state index in [1.807, 2.05) is 13.8 Å². The minimum atomic E-state index is -4.78. The summed E-state index contributed by atoms with van der Waals surface area (Å²) in [6, 6.07) is 2.76. The number of aromatic nitrogens is 12. The van der Waals surface area contributed by atoms with Crippen LogP contribution in [-0.2, 0) is 104 Å². The first kappa shape index (κ1) is 86.4. The number of aliphatic hydroxyl groups is 1. The van der Waals surface area contributed by atoms with Gasteiger partial charge in [0.2, 0.25) is 11.9 Å². The number of nitrogens with two attached hydrogens (primary N) is 3. The van der Waals surface area contributed by atoms with Crippen molar-refractivity contribution >= 4 is 126 Å². The van der Waals surface area contributed by atoms with Crippen LogP contribution in [0.3, 0.4) is 0 Å². The van der Waals surface area contributed by atoms with Crippen molar-refractivity contribution in [2.24, 2.45) is 11.8 Å². The number of hydrogen-bond donors (Lipinski definition) is 11. The second kappa shape index (κ2) is 37.2. The first-order chi connectivity index (χ1) is 52.5. The van der Waals surface area contributed by atoms with Crippen molar-refractivity contribution in [3.63, 3.8) is 0 Å². The largest absolute Gasteiger partial charge is 0.394 e. The van der Waals surface area contributed by atoms with Crippen LogP contribution >= 0.6 is 79.8 Å². The van der Waals surface area contributed by atoms with Crippen LogP contribution in [0.25, 0.3) is 11.2 Å². The number of anilines is 3. The van der Waals surface area contributed by atoms with Crippen LogP contribution < -0.4 is 62.0 Å². The minimum absolute atomic E-state index is 0.0148. The van der Waals surface area contributed by atoms with Gasteiger partial charge < -0.3 is 74.4 Å². The number of nitrogens with zero attached hydrogens (tertiary/aromatic N) is 9. The fraction of sp³-hybridized carbons (Fsp3) is 0.621. The van der Waals surface area contributed by atoms with Crippen molar-refractivity contribution < 1.29 is 97.5 Å². The predicted octanol–water partition coefficient (Wildman–Crippen LogP) is 2.38. The average Bonchev–Trinajstić information content (AvgIpc) is 1.64. The van der Waals surface area contributed by atoms with E-state index < -0.39 is 179 Å². The molecular weight excluding hydrogens is 1700 g/mol. The smallest absolute Gasteiger partial charge is 0.386 e. The van der Waals surface area contributed by atoms with Gasteiger partial charge >= 0.3 is 49.9 Å². The van der Waals surface area contributed by atoms with Crippen LogP contribution in [0.5, 0.6) is 0 Å². The van der Waals surface area contributed by atoms with E-state index in [0.29, 0.717) is 6.42 Å². The second-order valence-corrected chi connectivity index (χ2v) is 38.5. The van der Waals surface area contributed by atoms with E-state index in [4.69, 9.17) is 103 Å². The number of carbonyl (C=O) groups is 1. The molecule has 5 aliphatic rings. The molecule has 6 aromatic heterocycles. The molecule has 5 fully saturated rings. The zero-order valence-electron chi connectivity index (χ0n) is 59.2. The van der Waals surface area contributed by atoms with E-state index in [1.54, 1.807) is 0 Å². The van der Waals surface area contributed by atoms with Crippen LogP contribution in [-0.4, -0.2) is 196 Å². The fourth-order valence-corrected chi connectivity index (χ4v) is 19.6. The van der Waals surface area contributed by atoms with Gasteiger partial charge in [0.25, 0.3) is 16.7 Å². The molecule has 5 saturated heterocycles. The van der Waals surface area contributed by atoms with Crippen molar-refractivity contribution in [2.45, 2.75) is 146 Å². The normalized spacial score (nSPS) is 27.7. The number of thiol groups is 3. The highest BCUT2D eigenvalue weighted by molar-refractivity contribution is 9.10. The Labute approximate surface area is 656 Å². The molecule has 11 N–H and O–H groups in total. The number of halogens is 1. The third-order valence-electron chi connectivity index (χ3n) is 18.0. The summed E-state index contributed by atoms with van der Waals surface area (Å²) in [4.78, 5) is 124. The zero-order valence-corrected chi connectivity index (χ0v) is 67.9. The highest BCUT2D eigenvalue weighted by Gasteiger charge is 2.50. The SMILES string of the molecule is CC(=O)NCCOCCOCCOP(=S)(OCC1O[C@@H](n2ccc(N)nc2=O)C[C@H]1C(C)C)O[C@@H]1C[C@H](n2cc(C)c(=O)[nH]c2=O)OC1COP(=O)(S)O[C@@H]1C[C@H](n2cnc3c(=O)[nH]c(N)nc32)OC1COP(=O)(S)O[C@@H]1C[C@H](n2ccc(N)nc2=O)OC1COP(=O)(S)O[C@@H]1C[C@H](n2cc(Br)c(=O)[nH]c2=O)OC1CO. The molecule has 44 nitrogen and oxygen atoms in total. The summed E-state index contributed by atoms with van der Waals surface area (Å²) in [5, 5.41) is 12.8. The van der Waals surface area contributed by atoms with Gasteiger partial charge in [0.1, 0.15) is 85.5 Å². The number of aliphatic hydroxyl groups excluding tert-OH is 1. The van der Waals surface area contributed by atoms with E-state index in [2.05, 4.69) is 92.9 Å². The Morgan fingerprint density at radius 2 is 1.05 bits per heavy atom. The maximum absolute atomic E-state index is 15.0. The van der Waals surface area contributed by atoms with Gasteiger partial charge in [-0.2, -0.15) is 15.0 Å². The zero-order chi connectivity index (χ0) is 80.0. The lowest BCUT2D eigenvalue weighted by Crippen LogP contribution is -2.33. The molecule has 19 atom stereocenters. The number of imidazole rings is 1. The van der Waals surface area contributed by atoms with Crippen molar-refractivity contribution in [1.82, 2.24) is 63.0 Å². The molecule has 6 aromatic rings. The molecule has 5 aliphatic heterocycles. The van der Waals surface area contributed by atoms with Crippen molar-refractivity contribution in [3.05, 3.63) is 126 Å². The van der Waals surface area contributed by atoms with Gasteiger partial charge in [-0.25, -0.2) is 37.9 Å². The number of nitrogen functional groups attached to an aromatic ring is 3. The number of H-pyrrole nitrogens is 3. The molecule has 11 rings (SSSR count). The molecule has 111 heavy (non-hydrogen) atoms. The van der Waals surface area contributed by atoms with Gasteiger partial charge in [-0.05, 0) is 65.0 Å². The molecule has 53 heteroatoms. The van der Waals surface area contributed by atoms with Crippen molar-refractivity contribution in [3.8, 4) is 0 Å². The predicted molar refractivity (Wildman–Crippen MR) is 405 cm³/mol. The monoisotopic (exact) mass is 1780 g/mol. The number of aryl methyl sites for hydroxylation is 1. The van der Waals surface area contributed by atoms with E-state index >= 15 is 0 Å². The van der Waals surface area contributed by atoms with Crippen molar-refractivity contribution in [2.75, 3.05) is 89.8 Å². The summed E-state index contributed by atoms with van der Waals surface area (Å²) >= 11 is 22.1. The number of rotatable bonds is 37. The summed E-state index contributed by atoms with van der Waals surface area (Å²) in [5.74, 6) is -0.895. The molecule has 0 bridgehead atoms. The topological polar surface area (TPSA) is 569 Å². The molecule has 9 unspecified atom stereocenters. The molecule has 0 aromatic carbocycles. The van der Waals surface area contributed by atoms with Crippen LogP contribution in [0.2, 0.25) is 0 Å². The molecule has 0 saturated carbocycles.